The average Bonchev–Trinajstić information content (AvgIpc) is 3.25. The van der Waals surface area contributed by atoms with Gasteiger partial charge in [-0.25, -0.2) is 0 Å². The van der Waals surface area contributed by atoms with E-state index in [1.54, 1.807) is 0 Å². The molecule has 4 aromatic carbocycles. The van der Waals surface area contributed by atoms with Crippen LogP contribution in [0.2, 0.25) is 0 Å². The minimum Gasteiger partial charge on any atom is -0.456 e. The Bertz CT molecular complexity index is 1610. The zero-order valence-corrected chi connectivity index (χ0v) is 16.3. The molecule has 30 heavy (non-hydrogen) atoms. The van der Waals surface area contributed by atoms with Gasteiger partial charge in [0, 0.05) is 56.8 Å². The number of nitrogen functional groups attached to an aromatic ring is 2. The quantitative estimate of drug-likeness (QED) is 0.285. The number of anilines is 4. The van der Waals surface area contributed by atoms with Crippen molar-refractivity contribution < 1.29 is 8.83 Å². The lowest BCUT2D eigenvalue weighted by Gasteiger charge is -2.06. The first-order chi connectivity index (χ1) is 14.5. The van der Waals surface area contributed by atoms with E-state index >= 15 is 0 Å². The van der Waals surface area contributed by atoms with Gasteiger partial charge in [-0.1, -0.05) is 0 Å². The molecule has 0 aliphatic rings. The summed E-state index contributed by atoms with van der Waals surface area (Å²) >= 11 is 0. The van der Waals surface area contributed by atoms with Gasteiger partial charge in [0.2, 0.25) is 0 Å². The fourth-order valence-electron chi connectivity index (χ4n) is 4.17. The highest BCUT2D eigenvalue weighted by Gasteiger charge is 2.12. The van der Waals surface area contributed by atoms with Gasteiger partial charge < -0.3 is 25.6 Å². The molecule has 0 spiro atoms. The van der Waals surface area contributed by atoms with Crippen molar-refractivity contribution in [3.8, 4) is 0 Å². The molecule has 5 N–H and O–H groups in total. The number of fused-ring (bicyclic) bond motifs is 6. The standard InChI is InChI=1S/C25H19N3O2/c1-13-8-20-19-7-4-16(12-24(19)30-25(20)21(27)9-13)28-15-3-6-18-17-5-2-14(26)10-22(17)29-23(18)11-15/h2-12,28H,26-27H2,1H3. The smallest absolute Gasteiger partial charge is 0.158 e. The van der Waals surface area contributed by atoms with Crippen molar-refractivity contribution in [2.45, 2.75) is 6.92 Å². The number of hydrogen-bond donors (Lipinski definition) is 3. The summed E-state index contributed by atoms with van der Waals surface area (Å²) in [7, 11) is 0. The van der Waals surface area contributed by atoms with Crippen molar-refractivity contribution in [2.75, 3.05) is 16.8 Å². The lowest BCUT2D eigenvalue weighted by atomic mass is 10.1. The first kappa shape index (κ1) is 16.8. The lowest BCUT2D eigenvalue weighted by molar-refractivity contribution is 0.669. The van der Waals surface area contributed by atoms with Crippen molar-refractivity contribution >= 4 is 66.6 Å². The second kappa shape index (κ2) is 5.94. The van der Waals surface area contributed by atoms with Crippen molar-refractivity contribution in [3.05, 3.63) is 72.3 Å². The lowest BCUT2D eigenvalue weighted by Crippen LogP contribution is -1.89. The summed E-state index contributed by atoms with van der Waals surface area (Å²) in [6, 6.07) is 22.0. The molecule has 0 unspecified atom stereocenters. The summed E-state index contributed by atoms with van der Waals surface area (Å²) in [5.74, 6) is 0. The number of nitrogens with one attached hydrogen (secondary N) is 1. The minimum atomic E-state index is 0.659. The molecule has 6 rings (SSSR count). The Morgan fingerprint density at radius 3 is 1.97 bits per heavy atom. The van der Waals surface area contributed by atoms with Gasteiger partial charge in [-0.05, 0) is 61.0 Å². The van der Waals surface area contributed by atoms with Crippen LogP contribution in [-0.4, -0.2) is 0 Å². The summed E-state index contributed by atoms with van der Waals surface area (Å²) in [5, 5.41) is 7.65. The number of hydrogen-bond acceptors (Lipinski definition) is 5. The average molecular weight is 393 g/mol. The molecular weight excluding hydrogens is 374 g/mol. The van der Waals surface area contributed by atoms with Gasteiger partial charge in [0.05, 0.1) is 5.69 Å². The Labute approximate surface area is 171 Å². The summed E-state index contributed by atoms with van der Waals surface area (Å²) in [6.07, 6.45) is 0. The highest BCUT2D eigenvalue weighted by molar-refractivity contribution is 6.10. The highest BCUT2D eigenvalue weighted by Crippen LogP contribution is 2.36. The number of benzene rings is 4. The number of nitrogens with two attached hydrogens (primary N) is 2. The number of furan rings is 2. The van der Waals surface area contributed by atoms with Crippen LogP contribution in [0.3, 0.4) is 0 Å². The van der Waals surface area contributed by atoms with Gasteiger partial charge in [-0.3, -0.25) is 0 Å². The molecule has 2 aromatic heterocycles. The van der Waals surface area contributed by atoms with E-state index in [-0.39, 0.29) is 0 Å². The molecule has 0 aliphatic carbocycles. The van der Waals surface area contributed by atoms with E-state index in [1.165, 1.54) is 0 Å². The largest absolute Gasteiger partial charge is 0.456 e. The van der Waals surface area contributed by atoms with Crippen molar-refractivity contribution in [2.24, 2.45) is 0 Å². The zero-order valence-electron chi connectivity index (χ0n) is 16.3. The summed E-state index contributed by atoms with van der Waals surface area (Å²) < 4.78 is 12.0. The Kier molecular flexibility index (Phi) is 3.33. The molecule has 0 radical (unpaired) electrons. The van der Waals surface area contributed by atoms with Crippen molar-refractivity contribution in [1.29, 1.82) is 0 Å². The van der Waals surface area contributed by atoms with Crippen LogP contribution in [-0.2, 0) is 0 Å². The molecule has 5 nitrogen and oxygen atoms in total. The van der Waals surface area contributed by atoms with E-state index in [4.69, 9.17) is 20.3 Å². The van der Waals surface area contributed by atoms with Crippen LogP contribution in [0.4, 0.5) is 22.7 Å². The molecule has 0 bridgehead atoms. The number of rotatable bonds is 2. The van der Waals surface area contributed by atoms with E-state index in [9.17, 15) is 0 Å². The molecule has 2 heterocycles. The van der Waals surface area contributed by atoms with Gasteiger partial charge in [0.15, 0.2) is 5.58 Å². The monoisotopic (exact) mass is 393 g/mol. The predicted octanol–water partition coefficient (Wildman–Crippen LogP) is 6.70. The summed E-state index contributed by atoms with van der Waals surface area (Å²) in [5.41, 5.74) is 19.5. The molecule has 0 saturated heterocycles. The first-order valence-electron chi connectivity index (χ1n) is 9.76. The maximum Gasteiger partial charge on any atom is 0.158 e. The third-order valence-corrected chi connectivity index (χ3v) is 5.53. The molecule has 6 aromatic rings. The minimum absolute atomic E-state index is 0.659. The van der Waals surface area contributed by atoms with E-state index in [0.29, 0.717) is 11.4 Å². The Balaban J connectivity index is 1.41. The second-order valence-corrected chi connectivity index (χ2v) is 7.74. The van der Waals surface area contributed by atoms with Crippen LogP contribution in [0.15, 0.2) is 75.6 Å². The van der Waals surface area contributed by atoms with Gasteiger partial charge in [-0.2, -0.15) is 0 Å². The molecular formula is C25H19N3O2. The second-order valence-electron chi connectivity index (χ2n) is 7.74. The van der Waals surface area contributed by atoms with E-state index in [0.717, 1.165) is 60.8 Å². The third-order valence-electron chi connectivity index (χ3n) is 5.53. The normalized spacial score (nSPS) is 11.8. The number of aryl methyl sites for hydroxylation is 1. The van der Waals surface area contributed by atoms with Gasteiger partial charge in [0.1, 0.15) is 16.7 Å². The van der Waals surface area contributed by atoms with Crippen LogP contribution in [0.5, 0.6) is 0 Å². The van der Waals surface area contributed by atoms with E-state index in [1.807, 2.05) is 55.5 Å². The Morgan fingerprint density at radius 1 is 0.633 bits per heavy atom. The van der Waals surface area contributed by atoms with Crippen LogP contribution in [0, 0.1) is 6.92 Å². The van der Waals surface area contributed by atoms with Crippen LogP contribution < -0.4 is 16.8 Å². The topological polar surface area (TPSA) is 90.3 Å². The van der Waals surface area contributed by atoms with Crippen molar-refractivity contribution in [3.63, 3.8) is 0 Å². The molecule has 0 aliphatic heterocycles. The molecule has 0 fully saturated rings. The molecule has 0 saturated carbocycles. The maximum atomic E-state index is 6.15. The molecule has 0 atom stereocenters. The molecule has 0 amide bonds. The molecule has 146 valence electrons. The van der Waals surface area contributed by atoms with E-state index in [2.05, 4.69) is 23.5 Å². The van der Waals surface area contributed by atoms with Gasteiger partial charge >= 0.3 is 0 Å². The summed E-state index contributed by atoms with van der Waals surface area (Å²) in [4.78, 5) is 0. The predicted molar refractivity (Wildman–Crippen MR) is 124 cm³/mol. The fraction of sp³-hybridized carbons (Fsp3) is 0.0400. The fourth-order valence-corrected chi connectivity index (χ4v) is 4.17. The zero-order chi connectivity index (χ0) is 20.4. The van der Waals surface area contributed by atoms with Crippen LogP contribution in [0.25, 0.3) is 43.9 Å². The third kappa shape index (κ3) is 2.49. The highest BCUT2D eigenvalue weighted by atomic mass is 16.3. The first-order valence-corrected chi connectivity index (χ1v) is 9.76. The van der Waals surface area contributed by atoms with Crippen molar-refractivity contribution in [1.82, 2.24) is 0 Å². The van der Waals surface area contributed by atoms with E-state index < -0.39 is 0 Å². The molecule has 5 heteroatoms. The maximum absolute atomic E-state index is 6.15. The SMILES string of the molecule is Cc1cc(N)c2oc3cc(Nc4ccc5c(c4)oc4cc(N)ccc45)ccc3c2c1. The summed E-state index contributed by atoms with van der Waals surface area (Å²) in [6.45, 7) is 2.03. The Morgan fingerprint density at radius 2 is 1.23 bits per heavy atom. The van der Waals surface area contributed by atoms with Gasteiger partial charge in [0.25, 0.3) is 0 Å². The Hall–Kier alpha value is -4.12. The van der Waals surface area contributed by atoms with Crippen LogP contribution >= 0.6 is 0 Å². The van der Waals surface area contributed by atoms with Crippen LogP contribution in [0.1, 0.15) is 5.56 Å². The van der Waals surface area contributed by atoms with Gasteiger partial charge in [-0.15, -0.1) is 0 Å².